The molecule has 2 aliphatic heterocycles. The first-order valence-electron chi connectivity index (χ1n) is 11.0. The molecule has 0 spiro atoms. The first-order chi connectivity index (χ1) is 16.8. The lowest BCUT2D eigenvalue weighted by molar-refractivity contribution is -0.384. The average Bonchev–Trinajstić information content (AvgIpc) is 3.13. The van der Waals surface area contributed by atoms with Gasteiger partial charge in [0.15, 0.2) is 0 Å². The Morgan fingerprint density at radius 3 is 2.34 bits per heavy atom. The van der Waals surface area contributed by atoms with Crippen LogP contribution in [0, 0.1) is 10.1 Å². The lowest BCUT2D eigenvalue weighted by Crippen LogP contribution is -2.46. The van der Waals surface area contributed by atoms with Gasteiger partial charge in [0.05, 0.1) is 16.1 Å². The van der Waals surface area contributed by atoms with Crippen molar-refractivity contribution in [2.75, 3.05) is 36.8 Å². The van der Waals surface area contributed by atoms with Crippen LogP contribution in [0.25, 0.3) is 5.69 Å². The minimum absolute atomic E-state index is 0.0586. The summed E-state index contributed by atoms with van der Waals surface area (Å²) in [5, 5.41) is 13.9. The van der Waals surface area contributed by atoms with Gasteiger partial charge in [0.2, 0.25) is 0 Å². The second-order valence-electron chi connectivity index (χ2n) is 8.45. The summed E-state index contributed by atoms with van der Waals surface area (Å²) in [4.78, 5) is 52.6. The number of piperazine rings is 1. The number of hydrogen-bond acceptors (Lipinski definition) is 8. The SMILES string of the molecule is Nc1c2c(cc(=O)n1-c1cc(N3CCN(Cc4ccccc4)CC3)ccc1[N+](=O)[O-])C(=O)NC2=O. The zero-order valence-electron chi connectivity index (χ0n) is 18.6. The fourth-order valence-corrected chi connectivity index (χ4v) is 4.58. The van der Waals surface area contributed by atoms with Crippen molar-refractivity contribution in [1.82, 2.24) is 14.8 Å². The van der Waals surface area contributed by atoms with Crippen LogP contribution in [0.4, 0.5) is 17.2 Å². The molecule has 11 nitrogen and oxygen atoms in total. The summed E-state index contributed by atoms with van der Waals surface area (Å²) in [5.74, 6) is -1.79. The third-order valence-corrected chi connectivity index (χ3v) is 6.34. The summed E-state index contributed by atoms with van der Waals surface area (Å²) in [5.41, 5.74) is 6.60. The first-order valence-corrected chi connectivity index (χ1v) is 11.0. The molecule has 178 valence electrons. The molecule has 3 heterocycles. The summed E-state index contributed by atoms with van der Waals surface area (Å²) >= 11 is 0. The van der Waals surface area contributed by atoms with Crippen molar-refractivity contribution in [2.24, 2.45) is 0 Å². The van der Waals surface area contributed by atoms with Crippen LogP contribution < -0.4 is 21.5 Å². The van der Waals surface area contributed by atoms with Gasteiger partial charge in [-0.2, -0.15) is 0 Å². The molecule has 35 heavy (non-hydrogen) atoms. The lowest BCUT2D eigenvalue weighted by Gasteiger charge is -2.36. The predicted molar refractivity (Wildman–Crippen MR) is 129 cm³/mol. The number of anilines is 2. The van der Waals surface area contributed by atoms with Crippen LogP contribution in [0.5, 0.6) is 0 Å². The highest BCUT2D eigenvalue weighted by Crippen LogP contribution is 2.31. The van der Waals surface area contributed by atoms with Gasteiger partial charge in [-0.1, -0.05) is 30.3 Å². The Labute approximate surface area is 199 Å². The lowest BCUT2D eigenvalue weighted by atomic mass is 10.1. The number of carbonyl (C=O) groups is 2. The molecule has 2 aromatic carbocycles. The van der Waals surface area contributed by atoms with E-state index in [1.165, 1.54) is 17.7 Å². The third-order valence-electron chi connectivity index (χ3n) is 6.34. The Balaban J connectivity index is 1.47. The molecule has 1 fully saturated rings. The molecule has 2 amide bonds. The molecule has 0 aliphatic carbocycles. The molecule has 3 aromatic rings. The van der Waals surface area contributed by atoms with Gasteiger partial charge in [0.1, 0.15) is 11.5 Å². The van der Waals surface area contributed by atoms with Crippen molar-refractivity contribution in [1.29, 1.82) is 0 Å². The summed E-state index contributed by atoms with van der Waals surface area (Å²) in [7, 11) is 0. The fraction of sp³-hybridized carbons (Fsp3) is 0.208. The number of carbonyl (C=O) groups excluding carboxylic acids is 2. The number of fused-ring (bicyclic) bond motifs is 1. The number of hydrogen-bond donors (Lipinski definition) is 2. The minimum Gasteiger partial charge on any atom is -0.384 e. The molecule has 0 saturated carbocycles. The van der Waals surface area contributed by atoms with E-state index in [1.807, 2.05) is 18.2 Å². The molecule has 2 aliphatic rings. The molecule has 0 atom stereocenters. The zero-order valence-corrected chi connectivity index (χ0v) is 18.6. The number of nitrogens with one attached hydrogen (secondary N) is 1. The smallest absolute Gasteiger partial charge is 0.293 e. The van der Waals surface area contributed by atoms with Crippen LogP contribution in [0.2, 0.25) is 0 Å². The summed E-state index contributed by atoms with van der Waals surface area (Å²) in [6.07, 6.45) is 0. The summed E-state index contributed by atoms with van der Waals surface area (Å²) in [6.45, 7) is 3.81. The number of benzene rings is 2. The monoisotopic (exact) mass is 474 g/mol. The number of nitrogen functional groups attached to an aromatic ring is 1. The van der Waals surface area contributed by atoms with E-state index in [2.05, 4.69) is 27.2 Å². The van der Waals surface area contributed by atoms with Gasteiger partial charge in [0.25, 0.3) is 23.1 Å². The third kappa shape index (κ3) is 4.02. The first kappa shape index (κ1) is 22.3. The van der Waals surface area contributed by atoms with Crippen LogP contribution in [0.1, 0.15) is 26.3 Å². The maximum atomic E-state index is 12.9. The van der Waals surface area contributed by atoms with Crippen molar-refractivity contribution >= 4 is 29.0 Å². The molecule has 5 rings (SSSR count). The number of pyridine rings is 1. The van der Waals surface area contributed by atoms with E-state index in [-0.39, 0.29) is 28.3 Å². The average molecular weight is 474 g/mol. The standard InChI is InChI=1S/C24H22N6O5/c25-22-21-17(23(32)26-24(21)33)13-20(31)29(22)19-12-16(6-7-18(19)30(34)35)28-10-8-27(9-11-28)14-15-4-2-1-3-5-15/h1-7,12-13H,8-11,14,25H2,(H,26,32,33). The predicted octanol–water partition coefficient (Wildman–Crippen LogP) is 1.53. The molecule has 0 radical (unpaired) electrons. The van der Waals surface area contributed by atoms with Gasteiger partial charge in [-0.25, -0.2) is 0 Å². The van der Waals surface area contributed by atoms with Crippen molar-refractivity contribution in [3.8, 4) is 5.69 Å². The van der Waals surface area contributed by atoms with Crippen molar-refractivity contribution in [3.63, 3.8) is 0 Å². The highest BCUT2D eigenvalue weighted by atomic mass is 16.6. The number of nitro benzene ring substituents is 1. The quantitative estimate of drug-likeness (QED) is 0.322. The maximum absolute atomic E-state index is 12.9. The van der Waals surface area contributed by atoms with Gasteiger partial charge >= 0.3 is 0 Å². The van der Waals surface area contributed by atoms with Gasteiger partial charge in [-0.05, 0) is 17.7 Å². The number of amides is 2. The largest absolute Gasteiger partial charge is 0.384 e. The fourth-order valence-electron chi connectivity index (χ4n) is 4.58. The summed E-state index contributed by atoms with van der Waals surface area (Å²) < 4.78 is 0.921. The number of nitrogens with two attached hydrogens (primary N) is 1. The molecule has 1 aromatic heterocycles. The van der Waals surface area contributed by atoms with Crippen molar-refractivity contribution in [3.05, 3.63) is 91.8 Å². The van der Waals surface area contributed by atoms with E-state index >= 15 is 0 Å². The van der Waals surface area contributed by atoms with Crippen molar-refractivity contribution < 1.29 is 14.5 Å². The Morgan fingerprint density at radius 1 is 0.943 bits per heavy atom. The second-order valence-corrected chi connectivity index (χ2v) is 8.45. The number of aromatic nitrogens is 1. The molecule has 0 bridgehead atoms. The molecular formula is C24H22N6O5. The number of nitrogens with zero attached hydrogens (tertiary/aromatic N) is 4. The summed E-state index contributed by atoms with van der Waals surface area (Å²) in [6, 6.07) is 15.6. The van der Waals surface area contributed by atoms with E-state index in [0.29, 0.717) is 18.8 Å². The minimum atomic E-state index is -0.746. The highest BCUT2D eigenvalue weighted by molar-refractivity contribution is 6.23. The second kappa shape index (κ2) is 8.69. The van der Waals surface area contributed by atoms with E-state index in [9.17, 15) is 24.5 Å². The molecular weight excluding hydrogens is 452 g/mol. The topological polar surface area (TPSA) is 144 Å². The van der Waals surface area contributed by atoms with E-state index in [0.717, 1.165) is 30.3 Å². The van der Waals surface area contributed by atoms with Crippen LogP contribution in [0.3, 0.4) is 0 Å². The molecule has 3 N–H and O–H groups in total. The Morgan fingerprint density at radius 2 is 1.66 bits per heavy atom. The van der Waals surface area contributed by atoms with Gasteiger partial charge in [-0.3, -0.25) is 39.3 Å². The zero-order chi connectivity index (χ0) is 24.7. The van der Waals surface area contributed by atoms with Gasteiger partial charge in [0, 0.05) is 50.5 Å². The van der Waals surface area contributed by atoms with Crippen LogP contribution >= 0.6 is 0 Å². The molecule has 11 heteroatoms. The number of imide groups is 1. The van der Waals surface area contributed by atoms with Crippen LogP contribution in [-0.4, -0.2) is 52.4 Å². The van der Waals surface area contributed by atoms with E-state index in [4.69, 9.17) is 5.73 Å². The number of rotatable bonds is 5. The van der Waals surface area contributed by atoms with E-state index < -0.39 is 22.3 Å². The number of nitro groups is 1. The normalized spacial score (nSPS) is 15.7. The van der Waals surface area contributed by atoms with Gasteiger partial charge < -0.3 is 10.6 Å². The van der Waals surface area contributed by atoms with Crippen LogP contribution in [-0.2, 0) is 6.54 Å². The van der Waals surface area contributed by atoms with E-state index in [1.54, 1.807) is 6.07 Å². The Bertz CT molecular complexity index is 1410. The molecule has 1 saturated heterocycles. The highest BCUT2D eigenvalue weighted by Gasteiger charge is 2.33. The van der Waals surface area contributed by atoms with Crippen LogP contribution in [0.15, 0.2) is 59.4 Å². The Hall–Kier alpha value is -4.51. The Kier molecular flexibility index (Phi) is 5.53. The van der Waals surface area contributed by atoms with Crippen molar-refractivity contribution in [2.45, 2.75) is 6.54 Å². The maximum Gasteiger partial charge on any atom is 0.293 e. The van der Waals surface area contributed by atoms with Gasteiger partial charge in [-0.15, -0.1) is 0 Å². The molecule has 0 unspecified atom stereocenters.